The van der Waals surface area contributed by atoms with Gasteiger partial charge in [0.1, 0.15) is 0 Å². The molecule has 3 aromatic rings. The molecule has 6 nitrogen and oxygen atoms in total. The molecule has 0 amide bonds. The lowest BCUT2D eigenvalue weighted by molar-refractivity contribution is 0.0994. The SMILES string of the molecule is C[C@H](Sc1nnc(N2CCOCC2)n1Cc1ccccc1)C(=O)c1ccc(Br)cc1. The molecule has 0 aliphatic carbocycles. The zero-order valence-electron chi connectivity index (χ0n) is 16.7. The molecule has 0 bridgehead atoms. The summed E-state index contributed by atoms with van der Waals surface area (Å²) in [7, 11) is 0. The topological polar surface area (TPSA) is 60.2 Å². The molecule has 0 saturated carbocycles. The molecule has 2 aromatic carbocycles. The number of hydrogen-bond donors (Lipinski definition) is 0. The zero-order chi connectivity index (χ0) is 20.9. The van der Waals surface area contributed by atoms with Crippen LogP contribution < -0.4 is 4.90 Å². The predicted molar refractivity (Wildman–Crippen MR) is 122 cm³/mol. The largest absolute Gasteiger partial charge is 0.378 e. The van der Waals surface area contributed by atoms with Gasteiger partial charge in [-0.15, -0.1) is 10.2 Å². The number of anilines is 1. The molecular formula is C22H23BrN4O2S. The van der Waals surface area contributed by atoms with Gasteiger partial charge < -0.3 is 9.64 Å². The summed E-state index contributed by atoms with van der Waals surface area (Å²) in [5.41, 5.74) is 1.86. The van der Waals surface area contributed by atoms with Crippen molar-refractivity contribution in [2.75, 3.05) is 31.2 Å². The molecule has 0 spiro atoms. The number of ether oxygens (including phenoxy) is 1. The van der Waals surface area contributed by atoms with Crippen LogP contribution in [0.15, 0.2) is 64.2 Å². The van der Waals surface area contributed by atoms with Crippen LogP contribution in [0.25, 0.3) is 0 Å². The van der Waals surface area contributed by atoms with Gasteiger partial charge in [0.25, 0.3) is 0 Å². The minimum Gasteiger partial charge on any atom is -0.378 e. The van der Waals surface area contributed by atoms with Gasteiger partial charge in [-0.2, -0.15) is 0 Å². The minimum atomic E-state index is -0.276. The molecule has 8 heteroatoms. The smallest absolute Gasteiger partial charge is 0.228 e. The van der Waals surface area contributed by atoms with Gasteiger partial charge in [-0.05, 0) is 24.6 Å². The van der Waals surface area contributed by atoms with E-state index in [9.17, 15) is 4.79 Å². The average Bonchev–Trinajstić information content (AvgIpc) is 3.17. The minimum absolute atomic E-state index is 0.0784. The number of nitrogens with zero attached hydrogens (tertiary/aromatic N) is 4. The van der Waals surface area contributed by atoms with E-state index in [1.54, 1.807) is 0 Å². The van der Waals surface area contributed by atoms with E-state index in [2.05, 4.69) is 47.7 Å². The third kappa shape index (κ3) is 4.94. The molecule has 1 fully saturated rings. The Morgan fingerprint density at radius 3 is 2.50 bits per heavy atom. The lowest BCUT2D eigenvalue weighted by Gasteiger charge is -2.28. The Hall–Kier alpha value is -2.16. The van der Waals surface area contributed by atoms with Gasteiger partial charge >= 0.3 is 0 Å². The molecular weight excluding hydrogens is 464 g/mol. The van der Waals surface area contributed by atoms with Crippen molar-refractivity contribution in [3.8, 4) is 0 Å². The lowest BCUT2D eigenvalue weighted by Crippen LogP contribution is -2.38. The van der Waals surface area contributed by atoms with Gasteiger partial charge in [-0.3, -0.25) is 9.36 Å². The number of carbonyl (C=O) groups excluding carboxylic acids is 1. The fourth-order valence-electron chi connectivity index (χ4n) is 3.33. The van der Waals surface area contributed by atoms with Gasteiger partial charge in [-0.1, -0.05) is 70.2 Å². The Kier molecular flexibility index (Phi) is 6.86. The Labute approximate surface area is 188 Å². The lowest BCUT2D eigenvalue weighted by atomic mass is 10.1. The molecule has 156 valence electrons. The first-order valence-electron chi connectivity index (χ1n) is 9.88. The summed E-state index contributed by atoms with van der Waals surface area (Å²) in [5, 5.41) is 9.40. The molecule has 0 radical (unpaired) electrons. The highest BCUT2D eigenvalue weighted by atomic mass is 79.9. The van der Waals surface area contributed by atoms with Crippen molar-refractivity contribution in [3.05, 3.63) is 70.2 Å². The molecule has 1 saturated heterocycles. The van der Waals surface area contributed by atoms with Crippen LogP contribution in [0.5, 0.6) is 0 Å². The van der Waals surface area contributed by atoms with Crippen molar-refractivity contribution in [3.63, 3.8) is 0 Å². The monoisotopic (exact) mass is 486 g/mol. The molecule has 4 rings (SSSR count). The van der Waals surface area contributed by atoms with E-state index in [-0.39, 0.29) is 11.0 Å². The maximum atomic E-state index is 12.9. The van der Waals surface area contributed by atoms with Crippen molar-refractivity contribution in [2.45, 2.75) is 23.9 Å². The van der Waals surface area contributed by atoms with E-state index < -0.39 is 0 Å². The van der Waals surface area contributed by atoms with Gasteiger partial charge in [0, 0.05) is 23.1 Å². The summed E-state index contributed by atoms with van der Waals surface area (Å²) in [6, 6.07) is 17.7. The van der Waals surface area contributed by atoms with Crippen molar-refractivity contribution in [1.82, 2.24) is 14.8 Å². The van der Waals surface area contributed by atoms with Crippen LogP contribution >= 0.6 is 27.7 Å². The molecule has 1 atom stereocenters. The van der Waals surface area contributed by atoms with Crippen LogP contribution in [-0.4, -0.2) is 52.1 Å². The van der Waals surface area contributed by atoms with Crippen molar-refractivity contribution in [2.24, 2.45) is 0 Å². The first-order valence-corrected chi connectivity index (χ1v) is 11.6. The van der Waals surface area contributed by atoms with Crippen molar-refractivity contribution < 1.29 is 9.53 Å². The second-order valence-corrected chi connectivity index (χ2v) is 9.31. The van der Waals surface area contributed by atoms with Crippen LogP contribution in [0, 0.1) is 0 Å². The normalized spacial score (nSPS) is 15.2. The Morgan fingerprint density at radius 1 is 1.10 bits per heavy atom. The summed E-state index contributed by atoms with van der Waals surface area (Å²) >= 11 is 4.87. The maximum Gasteiger partial charge on any atom is 0.228 e. The van der Waals surface area contributed by atoms with E-state index >= 15 is 0 Å². The van der Waals surface area contributed by atoms with Gasteiger partial charge in [0.05, 0.1) is 25.0 Å². The highest BCUT2D eigenvalue weighted by molar-refractivity contribution is 9.10. The summed E-state index contributed by atoms with van der Waals surface area (Å²) in [5.74, 6) is 0.905. The van der Waals surface area contributed by atoms with Crippen LogP contribution in [0.3, 0.4) is 0 Å². The number of rotatable bonds is 7. The number of morpholine rings is 1. The van der Waals surface area contributed by atoms with E-state index in [4.69, 9.17) is 4.74 Å². The summed E-state index contributed by atoms with van der Waals surface area (Å²) < 4.78 is 8.55. The highest BCUT2D eigenvalue weighted by Crippen LogP contribution is 2.29. The molecule has 1 aliphatic rings. The number of aromatic nitrogens is 3. The van der Waals surface area contributed by atoms with Gasteiger partial charge in [-0.25, -0.2) is 0 Å². The van der Waals surface area contributed by atoms with Crippen LogP contribution in [-0.2, 0) is 11.3 Å². The summed E-state index contributed by atoms with van der Waals surface area (Å²) in [4.78, 5) is 15.1. The number of Topliss-reactive ketones (excluding diaryl/α,β-unsaturated/α-hetero) is 1. The summed E-state index contributed by atoms with van der Waals surface area (Å²) in [6.07, 6.45) is 0. The molecule has 1 aliphatic heterocycles. The Balaban J connectivity index is 1.59. The number of benzene rings is 2. The van der Waals surface area contributed by atoms with Crippen molar-refractivity contribution in [1.29, 1.82) is 0 Å². The number of thioether (sulfide) groups is 1. The molecule has 1 aromatic heterocycles. The highest BCUT2D eigenvalue weighted by Gasteiger charge is 2.24. The van der Waals surface area contributed by atoms with Crippen LogP contribution in [0.1, 0.15) is 22.8 Å². The summed E-state index contributed by atoms with van der Waals surface area (Å²) in [6.45, 7) is 5.50. The van der Waals surface area contributed by atoms with E-state index in [1.165, 1.54) is 17.3 Å². The van der Waals surface area contributed by atoms with E-state index in [0.29, 0.717) is 25.3 Å². The average molecular weight is 487 g/mol. The number of carbonyl (C=O) groups is 1. The van der Waals surface area contributed by atoms with Crippen LogP contribution in [0.4, 0.5) is 5.95 Å². The Morgan fingerprint density at radius 2 is 1.80 bits per heavy atom. The third-order valence-corrected chi connectivity index (χ3v) is 6.56. The molecule has 0 N–H and O–H groups in total. The molecule has 30 heavy (non-hydrogen) atoms. The Bertz CT molecular complexity index is 988. The van der Waals surface area contributed by atoms with E-state index in [1.807, 2.05) is 49.4 Å². The second kappa shape index (κ2) is 9.76. The fourth-order valence-corrected chi connectivity index (χ4v) is 4.52. The van der Waals surface area contributed by atoms with E-state index in [0.717, 1.165) is 28.7 Å². The van der Waals surface area contributed by atoms with Gasteiger partial charge in [0.15, 0.2) is 10.9 Å². The second-order valence-electron chi connectivity index (χ2n) is 7.08. The van der Waals surface area contributed by atoms with Crippen LogP contribution in [0.2, 0.25) is 0 Å². The van der Waals surface area contributed by atoms with Gasteiger partial charge in [0.2, 0.25) is 5.95 Å². The zero-order valence-corrected chi connectivity index (χ0v) is 19.1. The first kappa shape index (κ1) is 21.1. The number of hydrogen-bond acceptors (Lipinski definition) is 6. The predicted octanol–water partition coefficient (Wildman–Crippen LogP) is 4.29. The first-order chi connectivity index (χ1) is 14.6. The third-order valence-electron chi connectivity index (χ3n) is 4.95. The molecule has 0 unspecified atom stereocenters. The number of ketones is 1. The number of halogens is 1. The fraction of sp³-hybridized carbons (Fsp3) is 0.318. The maximum absolute atomic E-state index is 12.9. The standard InChI is InChI=1S/C22H23BrN4O2S/c1-16(20(28)18-7-9-19(23)10-8-18)30-22-25-24-21(26-11-13-29-14-12-26)27(22)15-17-5-3-2-4-6-17/h2-10,16H,11-15H2,1H3/t16-/m0/s1. The quantitative estimate of drug-likeness (QED) is 0.366. The van der Waals surface area contributed by atoms with Crippen molar-refractivity contribution >= 4 is 39.4 Å². The molecule has 2 heterocycles.